The molecule has 6 nitrogen and oxygen atoms in total. The molecule has 2 aromatic carbocycles. The first-order valence-corrected chi connectivity index (χ1v) is 8.62. The molecule has 0 radical (unpaired) electrons. The average Bonchev–Trinajstić information content (AvgIpc) is 2.70. The minimum absolute atomic E-state index is 0.0220. The number of hydrogen-bond donors (Lipinski definition) is 1. The average molecular weight is 354 g/mol. The van der Waals surface area contributed by atoms with Crippen LogP contribution in [0.3, 0.4) is 0 Å². The zero-order chi connectivity index (χ0) is 18.4. The van der Waals surface area contributed by atoms with E-state index in [0.29, 0.717) is 31.7 Å². The number of hydrogen-bond acceptors (Lipinski definition) is 4. The zero-order valence-electron chi connectivity index (χ0n) is 14.7. The second-order valence-electron chi connectivity index (χ2n) is 6.16. The molecule has 2 amide bonds. The molecule has 3 rings (SSSR count). The highest BCUT2D eigenvalue weighted by molar-refractivity contribution is 5.92. The molecule has 0 aliphatic carbocycles. The van der Waals surface area contributed by atoms with Crippen molar-refractivity contribution in [3.8, 4) is 11.5 Å². The zero-order valence-corrected chi connectivity index (χ0v) is 14.7. The molecule has 1 fully saturated rings. The predicted octanol–water partition coefficient (Wildman–Crippen LogP) is 3.90. The molecule has 0 unspecified atom stereocenters. The fourth-order valence-corrected chi connectivity index (χ4v) is 2.93. The van der Waals surface area contributed by atoms with E-state index in [0.717, 1.165) is 11.4 Å². The highest BCUT2D eigenvalue weighted by Crippen LogP contribution is 2.24. The molecule has 26 heavy (non-hydrogen) atoms. The van der Waals surface area contributed by atoms with E-state index in [2.05, 4.69) is 5.32 Å². The van der Waals surface area contributed by atoms with Crippen molar-refractivity contribution in [1.29, 1.82) is 0 Å². The second kappa shape index (κ2) is 8.38. The normalized spacial score (nSPS) is 14.6. The van der Waals surface area contributed by atoms with E-state index in [1.54, 1.807) is 4.90 Å². The highest BCUT2D eigenvalue weighted by atomic mass is 16.5. The Labute approximate surface area is 152 Å². The van der Waals surface area contributed by atoms with E-state index >= 15 is 0 Å². The van der Waals surface area contributed by atoms with Gasteiger partial charge in [0.05, 0.1) is 7.11 Å². The second-order valence-corrected chi connectivity index (χ2v) is 6.16. The topological polar surface area (TPSA) is 67.9 Å². The number of methoxy groups -OCH3 is 1. The maximum Gasteiger partial charge on any atom is 0.409 e. The molecule has 1 aliphatic heterocycles. The lowest BCUT2D eigenvalue weighted by Crippen LogP contribution is -2.41. The van der Waals surface area contributed by atoms with Gasteiger partial charge in [-0.05, 0) is 49.2 Å². The van der Waals surface area contributed by atoms with Crippen molar-refractivity contribution in [2.45, 2.75) is 12.8 Å². The van der Waals surface area contributed by atoms with Crippen LogP contribution in [-0.4, -0.2) is 37.1 Å². The van der Waals surface area contributed by atoms with Crippen molar-refractivity contribution >= 4 is 17.7 Å². The van der Waals surface area contributed by atoms with Crippen LogP contribution in [0.1, 0.15) is 12.8 Å². The van der Waals surface area contributed by atoms with Gasteiger partial charge in [-0.25, -0.2) is 4.79 Å². The number of carbonyl (C=O) groups excluding carboxylic acids is 2. The van der Waals surface area contributed by atoms with Gasteiger partial charge in [-0.2, -0.15) is 0 Å². The Morgan fingerprint density at radius 1 is 0.962 bits per heavy atom. The summed E-state index contributed by atoms with van der Waals surface area (Å²) < 4.78 is 10.4. The molecular weight excluding hydrogens is 332 g/mol. The molecular formula is C20H22N2O4. The van der Waals surface area contributed by atoms with Gasteiger partial charge < -0.3 is 19.7 Å². The van der Waals surface area contributed by atoms with Gasteiger partial charge in [0.2, 0.25) is 5.91 Å². The number of para-hydroxylation sites is 1. The molecule has 0 atom stereocenters. The summed E-state index contributed by atoms with van der Waals surface area (Å²) in [5.74, 6) is 1.35. The molecule has 1 heterocycles. The SMILES string of the molecule is COC(=O)N1CCC(C(=O)Nc2ccc(Oc3ccccc3)cc2)CC1. The molecule has 0 saturated carbocycles. The summed E-state index contributed by atoms with van der Waals surface area (Å²) >= 11 is 0. The molecule has 1 aliphatic rings. The third-order valence-corrected chi connectivity index (χ3v) is 4.40. The maximum atomic E-state index is 12.4. The minimum Gasteiger partial charge on any atom is -0.457 e. The first-order chi connectivity index (χ1) is 12.7. The van der Waals surface area contributed by atoms with E-state index < -0.39 is 0 Å². The summed E-state index contributed by atoms with van der Waals surface area (Å²) in [5, 5.41) is 2.93. The number of benzene rings is 2. The summed E-state index contributed by atoms with van der Waals surface area (Å²) in [5.41, 5.74) is 0.728. The molecule has 0 spiro atoms. The standard InChI is InChI=1S/C20H22N2O4/c1-25-20(24)22-13-11-15(12-14-22)19(23)21-16-7-9-18(10-8-16)26-17-5-3-2-4-6-17/h2-10,15H,11-14H2,1H3,(H,21,23). The van der Waals surface area contributed by atoms with Gasteiger partial charge in [0.1, 0.15) is 11.5 Å². The number of carbonyl (C=O) groups is 2. The fraction of sp³-hybridized carbons (Fsp3) is 0.300. The number of amides is 2. The minimum atomic E-state index is -0.335. The lowest BCUT2D eigenvalue weighted by atomic mass is 9.96. The van der Waals surface area contributed by atoms with Crippen LogP contribution >= 0.6 is 0 Å². The largest absolute Gasteiger partial charge is 0.457 e. The van der Waals surface area contributed by atoms with Crippen LogP contribution < -0.4 is 10.1 Å². The summed E-state index contributed by atoms with van der Waals surface area (Å²) in [6, 6.07) is 16.8. The Morgan fingerprint density at radius 2 is 1.58 bits per heavy atom. The molecule has 0 aromatic heterocycles. The van der Waals surface area contributed by atoms with E-state index in [9.17, 15) is 9.59 Å². The van der Waals surface area contributed by atoms with Crippen LogP contribution in [0.25, 0.3) is 0 Å². The first-order valence-electron chi connectivity index (χ1n) is 8.62. The third-order valence-electron chi connectivity index (χ3n) is 4.40. The number of anilines is 1. The van der Waals surface area contributed by atoms with Gasteiger partial charge in [0.15, 0.2) is 0 Å². The molecule has 0 bridgehead atoms. The Kier molecular flexibility index (Phi) is 5.73. The Morgan fingerprint density at radius 3 is 2.19 bits per heavy atom. The summed E-state index contributed by atoms with van der Waals surface area (Å²) in [7, 11) is 1.37. The number of nitrogens with zero attached hydrogens (tertiary/aromatic N) is 1. The number of rotatable bonds is 4. The van der Waals surface area contributed by atoms with E-state index in [1.165, 1.54) is 7.11 Å². The highest BCUT2D eigenvalue weighted by Gasteiger charge is 2.27. The van der Waals surface area contributed by atoms with Crippen molar-refractivity contribution in [2.24, 2.45) is 5.92 Å². The Hall–Kier alpha value is -3.02. The quantitative estimate of drug-likeness (QED) is 0.904. The lowest BCUT2D eigenvalue weighted by molar-refractivity contribution is -0.121. The molecule has 1 N–H and O–H groups in total. The van der Waals surface area contributed by atoms with Crippen LogP contribution in [0.5, 0.6) is 11.5 Å². The Balaban J connectivity index is 1.51. The number of nitrogens with one attached hydrogen (secondary N) is 1. The summed E-state index contributed by atoms with van der Waals surface area (Å²) in [6.45, 7) is 1.07. The van der Waals surface area contributed by atoms with Crippen LogP contribution in [0.15, 0.2) is 54.6 Å². The van der Waals surface area contributed by atoms with Crippen LogP contribution in [0.4, 0.5) is 10.5 Å². The smallest absolute Gasteiger partial charge is 0.409 e. The number of piperidine rings is 1. The lowest BCUT2D eigenvalue weighted by Gasteiger charge is -2.30. The third kappa shape index (κ3) is 4.53. The molecule has 2 aromatic rings. The van der Waals surface area contributed by atoms with Crippen molar-refractivity contribution in [3.05, 3.63) is 54.6 Å². The van der Waals surface area contributed by atoms with Crippen LogP contribution in [0.2, 0.25) is 0 Å². The van der Waals surface area contributed by atoms with Gasteiger partial charge in [0.25, 0.3) is 0 Å². The predicted molar refractivity (Wildman–Crippen MR) is 98.3 cm³/mol. The molecule has 136 valence electrons. The van der Waals surface area contributed by atoms with E-state index in [-0.39, 0.29) is 17.9 Å². The monoisotopic (exact) mass is 354 g/mol. The maximum absolute atomic E-state index is 12.4. The van der Waals surface area contributed by atoms with E-state index in [1.807, 2.05) is 54.6 Å². The first kappa shape index (κ1) is 17.8. The summed E-state index contributed by atoms with van der Waals surface area (Å²) in [4.78, 5) is 25.5. The molecule has 1 saturated heterocycles. The fourth-order valence-electron chi connectivity index (χ4n) is 2.93. The summed E-state index contributed by atoms with van der Waals surface area (Å²) in [6.07, 6.45) is 0.935. The van der Waals surface area contributed by atoms with Crippen molar-refractivity contribution in [1.82, 2.24) is 4.90 Å². The van der Waals surface area contributed by atoms with Crippen LogP contribution in [0, 0.1) is 5.92 Å². The van der Waals surface area contributed by atoms with Crippen LogP contribution in [-0.2, 0) is 9.53 Å². The van der Waals surface area contributed by atoms with Gasteiger partial charge in [0, 0.05) is 24.7 Å². The van der Waals surface area contributed by atoms with Crippen molar-refractivity contribution in [2.75, 3.05) is 25.5 Å². The van der Waals surface area contributed by atoms with Crippen molar-refractivity contribution < 1.29 is 19.1 Å². The molecule has 6 heteroatoms. The van der Waals surface area contributed by atoms with Crippen molar-refractivity contribution in [3.63, 3.8) is 0 Å². The number of likely N-dealkylation sites (tertiary alicyclic amines) is 1. The van der Waals surface area contributed by atoms with Gasteiger partial charge in [-0.1, -0.05) is 18.2 Å². The van der Waals surface area contributed by atoms with Gasteiger partial charge >= 0.3 is 6.09 Å². The van der Waals surface area contributed by atoms with Gasteiger partial charge in [-0.3, -0.25) is 4.79 Å². The Bertz CT molecular complexity index is 738. The van der Waals surface area contributed by atoms with E-state index in [4.69, 9.17) is 9.47 Å². The van der Waals surface area contributed by atoms with Gasteiger partial charge in [-0.15, -0.1) is 0 Å². The number of ether oxygens (including phenoxy) is 2.